The summed E-state index contributed by atoms with van der Waals surface area (Å²) in [5.74, 6) is 0.791. The van der Waals surface area contributed by atoms with Crippen LogP contribution in [0.4, 0.5) is 0 Å². The fourth-order valence-corrected chi connectivity index (χ4v) is 3.69. The van der Waals surface area contributed by atoms with Gasteiger partial charge in [0.05, 0.1) is 16.7 Å². The van der Waals surface area contributed by atoms with Gasteiger partial charge in [0.2, 0.25) is 0 Å². The van der Waals surface area contributed by atoms with E-state index in [1.54, 1.807) is 6.08 Å². The van der Waals surface area contributed by atoms with Crippen LogP contribution in [0.5, 0.6) is 0 Å². The maximum Gasteiger partial charge on any atom is 0.158 e. The number of aromatic nitrogens is 1. The van der Waals surface area contributed by atoms with Crippen molar-refractivity contribution in [1.82, 2.24) is 4.57 Å². The van der Waals surface area contributed by atoms with Crippen molar-refractivity contribution in [3.8, 4) is 5.69 Å². The number of nitrogens with zero attached hydrogens (tertiary/aromatic N) is 1. The van der Waals surface area contributed by atoms with Gasteiger partial charge in [0.15, 0.2) is 5.58 Å². The summed E-state index contributed by atoms with van der Waals surface area (Å²) in [5.41, 5.74) is 5.59. The van der Waals surface area contributed by atoms with Crippen LogP contribution < -0.4 is 0 Å². The first-order chi connectivity index (χ1) is 12.3. The lowest BCUT2D eigenvalue weighted by atomic mass is 10.1. The van der Waals surface area contributed by atoms with Crippen molar-refractivity contribution in [1.29, 1.82) is 0 Å². The Morgan fingerprint density at radius 1 is 0.880 bits per heavy atom. The lowest BCUT2D eigenvalue weighted by Gasteiger charge is -2.08. The second-order valence-corrected chi connectivity index (χ2v) is 6.42. The topological polar surface area (TPSA) is 18.1 Å². The van der Waals surface area contributed by atoms with Crippen molar-refractivity contribution < 1.29 is 4.42 Å². The molecule has 0 radical (unpaired) electrons. The Kier molecular flexibility index (Phi) is 2.89. The second-order valence-electron chi connectivity index (χ2n) is 6.42. The molecule has 2 nitrogen and oxygen atoms in total. The minimum atomic E-state index is 0.791. The summed E-state index contributed by atoms with van der Waals surface area (Å²) in [7, 11) is 0. The zero-order valence-electron chi connectivity index (χ0n) is 14.0. The Morgan fingerprint density at radius 3 is 2.60 bits per heavy atom. The van der Waals surface area contributed by atoms with E-state index in [0.29, 0.717) is 0 Å². The Morgan fingerprint density at radius 2 is 1.72 bits per heavy atom. The van der Waals surface area contributed by atoms with Crippen LogP contribution in [-0.2, 0) is 0 Å². The highest BCUT2D eigenvalue weighted by Crippen LogP contribution is 2.35. The smallest absolute Gasteiger partial charge is 0.158 e. The summed E-state index contributed by atoms with van der Waals surface area (Å²) in [6, 6.07) is 23.4. The van der Waals surface area contributed by atoms with Crippen molar-refractivity contribution in [3.05, 3.63) is 84.6 Å². The molecule has 0 saturated carbocycles. The van der Waals surface area contributed by atoms with Gasteiger partial charge >= 0.3 is 0 Å². The Hall–Kier alpha value is -3.26. The molecule has 0 unspecified atom stereocenters. The van der Waals surface area contributed by atoms with Crippen LogP contribution in [0.15, 0.2) is 77.7 Å². The molecule has 0 amide bonds. The Labute approximate surface area is 145 Å². The van der Waals surface area contributed by atoms with Crippen LogP contribution in [0.1, 0.15) is 11.3 Å². The van der Waals surface area contributed by atoms with Crippen molar-refractivity contribution in [2.45, 2.75) is 6.92 Å². The van der Waals surface area contributed by atoms with Crippen LogP contribution in [0.3, 0.4) is 0 Å². The zero-order chi connectivity index (χ0) is 17.0. The fraction of sp³-hybridized carbons (Fsp3) is 0.0435. The van der Waals surface area contributed by atoms with Crippen LogP contribution in [0, 0.1) is 6.92 Å². The number of rotatable bonds is 2. The van der Waals surface area contributed by atoms with Crippen LogP contribution in [-0.4, -0.2) is 4.57 Å². The van der Waals surface area contributed by atoms with Crippen molar-refractivity contribution in [3.63, 3.8) is 0 Å². The molecule has 0 N–H and O–H groups in total. The summed E-state index contributed by atoms with van der Waals surface area (Å²) >= 11 is 0. The van der Waals surface area contributed by atoms with E-state index >= 15 is 0 Å². The van der Waals surface area contributed by atoms with Gasteiger partial charge in [0.1, 0.15) is 5.76 Å². The standard InChI is InChI=1S/C23H17NO/c1-3-17-14-16-7-6-10-22(23(16)25-17)24-20-9-5-4-8-18(20)19-13-15(2)11-12-21(19)24/h3-14H,1H2,2H3. The van der Waals surface area contributed by atoms with E-state index < -0.39 is 0 Å². The van der Waals surface area contributed by atoms with Crippen LogP contribution >= 0.6 is 0 Å². The minimum Gasteiger partial charge on any atom is -0.455 e. The molecule has 0 aliphatic rings. The molecule has 0 bridgehead atoms. The molecule has 2 aromatic heterocycles. The first-order valence-corrected chi connectivity index (χ1v) is 8.41. The van der Waals surface area contributed by atoms with E-state index in [9.17, 15) is 0 Å². The van der Waals surface area contributed by atoms with Gasteiger partial charge in [-0.25, -0.2) is 0 Å². The Bertz CT molecular complexity index is 1270. The summed E-state index contributed by atoms with van der Waals surface area (Å²) < 4.78 is 8.35. The molecule has 120 valence electrons. The first kappa shape index (κ1) is 14.1. The number of fused-ring (bicyclic) bond motifs is 4. The zero-order valence-corrected chi connectivity index (χ0v) is 14.0. The lowest BCUT2D eigenvalue weighted by molar-refractivity contribution is 0.602. The van der Waals surface area contributed by atoms with Gasteiger partial charge in [-0.3, -0.25) is 0 Å². The molecule has 0 saturated heterocycles. The Balaban J connectivity index is 1.98. The number of benzene rings is 3. The number of hydrogen-bond acceptors (Lipinski definition) is 1. The van der Waals surface area contributed by atoms with E-state index in [1.807, 2.05) is 6.07 Å². The van der Waals surface area contributed by atoms with Gasteiger partial charge in [-0.15, -0.1) is 0 Å². The first-order valence-electron chi connectivity index (χ1n) is 8.41. The third-order valence-corrected chi connectivity index (χ3v) is 4.81. The molecule has 0 aliphatic carbocycles. The number of furan rings is 1. The van der Waals surface area contributed by atoms with E-state index in [0.717, 1.165) is 22.4 Å². The van der Waals surface area contributed by atoms with E-state index in [2.05, 4.69) is 78.7 Å². The molecule has 0 fully saturated rings. The fourth-order valence-electron chi connectivity index (χ4n) is 3.69. The SMILES string of the molecule is C=Cc1cc2cccc(-n3c4ccccc4c4cc(C)ccc43)c2o1. The molecule has 5 rings (SSSR count). The highest BCUT2D eigenvalue weighted by atomic mass is 16.3. The molecule has 25 heavy (non-hydrogen) atoms. The van der Waals surface area contributed by atoms with Crippen molar-refractivity contribution in [2.75, 3.05) is 0 Å². The van der Waals surface area contributed by atoms with E-state index in [-0.39, 0.29) is 0 Å². The van der Waals surface area contributed by atoms with E-state index in [1.165, 1.54) is 27.4 Å². The van der Waals surface area contributed by atoms with Crippen molar-refractivity contribution >= 4 is 38.9 Å². The minimum absolute atomic E-state index is 0.791. The predicted molar refractivity (Wildman–Crippen MR) is 105 cm³/mol. The third-order valence-electron chi connectivity index (χ3n) is 4.81. The van der Waals surface area contributed by atoms with Gasteiger partial charge in [0, 0.05) is 16.2 Å². The summed E-state index contributed by atoms with van der Waals surface area (Å²) in [4.78, 5) is 0. The molecule has 0 spiro atoms. The lowest BCUT2D eigenvalue weighted by Crippen LogP contribution is -1.94. The maximum absolute atomic E-state index is 6.05. The molecule has 2 heterocycles. The monoisotopic (exact) mass is 323 g/mol. The molecule has 0 aliphatic heterocycles. The highest BCUT2D eigenvalue weighted by molar-refractivity contribution is 6.10. The predicted octanol–water partition coefficient (Wildman–Crippen LogP) is 6.48. The third kappa shape index (κ3) is 1.97. The quantitative estimate of drug-likeness (QED) is 0.363. The average Bonchev–Trinajstić information content (AvgIpc) is 3.20. The maximum atomic E-state index is 6.05. The van der Waals surface area contributed by atoms with Crippen LogP contribution in [0.2, 0.25) is 0 Å². The summed E-state index contributed by atoms with van der Waals surface area (Å²) in [6.45, 7) is 5.96. The summed E-state index contributed by atoms with van der Waals surface area (Å²) in [5, 5.41) is 3.61. The number of hydrogen-bond donors (Lipinski definition) is 0. The van der Waals surface area contributed by atoms with Gasteiger partial charge in [-0.2, -0.15) is 0 Å². The van der Waals surface area contributed by atoms with Crippen molar-refractivity contribution in [2.24, 2.45) is 0 Å². The molecule has 0 atom stereocenters. The average molecular weight is 323 g/mol. The highest BCUT2D eigenvalue weighted by Gasteiger charge is 2.15. The normalized spacial score (nSPS) is 11.6. The van der Waals surface area contributed by atoms with Gasteiger partial charge < -0.3 is 8.98 Å². The molecule has 2 heteroatoms. The molecular formula is C23H17NO. The van der Waals surface area contributed by atoms with Crippen LogP contribution in [0.25, 0.3) is 44.5 Å². The number of aryl methyl sites for hydroxylation is 1. The summed E-state index contributed by atoms with van der Waals surface area (Å²) in [6.07, 6.45) is 1.75. The number of para-hydroxylation sites is 2. The molecule has 3 aromatic carbocycles. The second kappa shape index (κ2) is 5.12. The van der Waals surface area contributed by atoms with Gasteiger partial charge in [-0.1, -0.05) is 48.5 Å². The molecule has 5 aromatic rings. The van der Waals surface area contributed by atoms with E-state index in [4.69, 9.17) is 4.42 Å². The molecular weight excluding hydrogens is 306 g/mol. The van der Waals surface area contributed by atoms with Gasteiger partial charge in [-0.05, 0) is 43.3 Å². The largest absolute Gasteiger partial charge is 0.455 e. The van der Waals surface area contributed by atoms with Gasteiger partial charge in [0.25, 0.3) is 0 Å².